The summed E-state index contributed by atoms with van der Waals surface area (Å²) in [7, 11) is 0. The first kappa shape index (κ1) is 13.3. The van der Waals surface area contributed by atoms with Gasteiger partial charge < -0.3 is 5.73 Å². The lowest BCUT2D eigenvalue weighted by molar-refractivity contribution is 0.565. The highest BCUT2D eigenvalue weighted by molar-refractivity contribution is 5.85. The summed E-state index contributed by atoms with van der Waals surface area (Å²) in [5, 5.41) is 0. The predicted molar refractivity (Wildman–Crippen MR) is 55.4 cm³/mol. The van der Waals surface area contributed by atoms with Gasteiger partial charge in [0.1, 0.15) is 11.6 Å². The number of hydrogen-bond donors (Lipinski definition) is 1. The largest absolute Gasteiger partial charge is 0.324 e. The van der Waals surface area contributed by atoms with Crippen LogP contribution in [0.2, 0.25) is 0 Å². The fraction of sp³-hybridized carbons (Fsp3) is 0.400. The van der Waals surface area contributed by atoms with Crippen LogP contribution in [0.3, 0.4) is 0 Å². The van der Waals surface area contributed by atoms with Gasteiger partial charge in [0.15, 0.2) is 0 Å². The van der Waals surface area contributed by atoms with E-state index in [1.54, 1.807) is 0 Å². The van der Waals surface area contributed by atoms with Gasteiger partial charge in [-0.2, -0.15) is 0 Å². The monoisotopic (exact) mass is 221 g/mol. The average molecular weight is 222 g/mol. The van der Waals surface area contributed by atoms with Crippen LogP contribution in [-0.2, 0) is 0 Å². The van der Waals surface area contributed by atoms with Crippen molar-refractivity contribution < 1.29 is 8.78 Å². The molecule has 1 nitrogen and oxygen atoms in total. The van der Waals surface area contributed by atoms with Gasteiger partial charge in [0, 0.05) is 12.1 Å². The minimum Gasteiger partial charge on any atom is -0.324 e. The second kappa shape index (κ2) is 5.94. The molecule has 0 saturated carbocycles. The van der Waals surface area contributed by atoms with Gasteiger partial charge in [-0.05, 0) is 24.1 Å². The molecule has 14 heavy (non-hydrogen) atoms. The van der Waals surface area contributed by atoms with E-state index in [1.165, 1.54) is 12.1 Å². The van der Waals surface area contributed by atoms with Crippen molar-refractivity contribution in [1.29, 1.82) is 0 Å². The Labute approximate surface area is 88.7 Å². The highest BCUT2D eigenvalue weighted by atomic mass is 35.5. The van der Waals surface area contributed by atoms with Gasteiger partial charge in [0.2, 0.25) is 0 Å². The van der Waals surface area contributed by atoms with Crippen LogP contribution in [0, 0.1) is 11.6 Å². The molecule has 0 bridgehead atoms. The molecule has 0 spiro atoms. The van der Waals surface area contributed by atoms with Gasteiger partial charge in [-0.15, -0.1) is 12.4 Å². The van der Waals surface area contributed by atoms with Crippen LogP contribution in [0.25, 0.3) is 0 Å². The van der Waals surface area contributed by atoms with E-state index in [9.17, 15) is 8.78 Å². The first-order valence-electron chi connectivity index (χ1n) is 4.35. The smallest absolute Gasteiger partial charge is 0.126 e. The maximum absolute atomic E-state index is 12.7. The van der Waals surface area contributed by atoms with Crippen molar-refractivity contribution in [2.75, 3.05) is 0 Å². The molecule has 0 heterocycles. The fourth-order valence-electron chi connectivity index (χ4n) is 1.27. The van der Waals surface area contributed by atoms with E-state index in [0.29, 0.717) is 5.56 Å². The summed E-state index contributed by atoms with van der Waals surface area (Å²) < 4.78 is 25.5. The van der Waals surface area contributed by atoms with E-state index in [4.69, 9.17) is 5.73 Å². The summed E-state index contributed by atoms with van der Waals surface area (Å²) in [6, 6.07) is 3.14. The van der Waals surface area contributed by atoms with E-state index < -0.39 is 11.6 Å². The highest BCUT2D eigenvalue weighted by Crippen LogP contribution is 2.17. The minimum absolute atomic E-state index is 0. The Kier molecular flexibility index (Phi) is 5.65. The van der Waals surface area contributed by atoms with Crippen molar-refractivity contribution in [3.05, 3.63) is 35.4 Å². The molecule has 0 aliphatic carbocycles. The Hall–Kier alpha value is -0.670. The van der Waals surface area contributed by atoms with Crippen LogP contribution in [0.1, 0.15) is 31.4 Å². The average Bonchev–Trinajstić information content (AvgIpc) is 2.03. The van der Waals surface area contributed by atoms with Gasteiger partial charge in [-0.25, -0.2) is 8.78 Å². The molecule has 0 saturated heterocycles. The SMILES string of the molecule is CCC[C@@H](N)c1cc(F)cc(F)c1.Cl. The summed E-state index contributed by atoms with van der Waals surface area (Å²) in [5.41, 5.74) is 6.24. The van der Waals surface area contributed by atoms with Crippen molar-refractivity contribution in [1.82, 2.24) is 0 Å². The number of hydrogen-bond acceptors (Lipinski definition) is 1. The Morgan fingerprint density at radius 1 is 1.21 bits per heavy atom. The molecule has 0 aromatic heterocycles. The summed E-state index contributed by atoms with van der Waals surface area (Å²) in [4.78, 5) is 0. The zero-order chi connectivity index (χ0) is 9.84. The Morgan fingerprint density at radius 2 is 1.71 bits per heavy atom. The van der Waals surface area contributed by atoms with E-state index >= 15 is 0 Å². The predicted octanol–water partition coefficient (Wildman–Crippen LogP) is 3.19. The van der Waals surface area contributed by atoms with Crippen LogP contribution in [0.5, 0.6) is 0 Å². The van der Waals surface area contributed by atoms with E-state index in [-0.39, 0.29) is 18.4 Å². The second-order valence-corrected chi connectivity index (χ2v) is 3.10. The zero-order valence-corrected chi connectivity index (χ0v) is 8.78. The van der Waals surface area contributed by atoms with Crippen molar-refractivity contribution >= 4 is 12.4 Å². The van der Waals surface area contributed by atoms with E-state index in [2.05, 4.69) is 0 Å². The number of nitrogens with two attached hydrogens (primary N) is 1. The third-order valence-corrected chi connectivity index (χ3v) is 1.91. The first-order chi connectivity index (χ1) is 6.13. The molecule has 1 rings (SSSR count). The number of benzene rings is 1. The molecular formula is C10H14ClF2N. The Morgan fingerprint density at radius 3 is 2.14 bits per heavy atom. The first-order valence-corrected chi connectivity index (χ1v) is 4.35. The molecule has 0 aliphatic rings. The Bertz CT molecular complexity index is 271. The quantitative estimate of drug-likeness (QED) is 0.834. The van der Waals surface area contributed by atoms with Crippen molar-refractivity contribution in [3.63, 3.8) is 0 Å². The molecule has 4 heteroatoms. The maximum atomic E-state index is 12.7. The number of rotatable bonds is 3. The topological polar surface area (TPSA) is 26.0 Å². The molecular weight excluding hydrogens is 208 g/mol. The van der Waals surface area contributed by atoms with Crippen LogP contribution in [-0.4, -0.2) is 0 Å². The minimum atomic E-state index is -0.568. The van der Waals surface area contributed by atoms with Gasteiger partial charge in [-0.3, -0.25) is 0 Å². The van der Waals surface area contributed by atoms with Crippen LogP contribution in [0.4, 0.5) is 8.78 Å². The lowest BCUT2D eigenvalue weighted by atomic mass is 10.0. The second-order valence-electron chi connectivity index (χ2n) is 3.10. The molecule has 1 aromatic carbocycles. The lowest BCUT2D eigenvalue weighted by Crippen LogP contribution is -2.10. The molecule has 0 fully saturated rings. The molecule has 80 valence electrons. The normalized spacial score (nSPS) is 12.0. The molecule has 0 unspecified atom stereocenters. The standard InChI is InChI=1S/C10H13F2N.ClH/c1-2-3-10(13)7-4-8(11)6-9(12)5-7;/h4-6,10H,2-3,13H2,1H3;1H/t10-;/m1./s1. The van der Waals surface area contributed by atoms with E-state index in [0.717, 1.165) is 18.9 Å². The highest BCUT2D eigenvalue weighted by Gasteiger charge is 2.07. The maximum Gasteiger partial charge on any atom is 0.126 e. The molecule has 1 atom stereocenters. The van der Waals surface area contributed by atoms with Crippen LogP contribution < -0.4 is 5.73 Å². The third kappa shape index (κ3) is 3.60. The van der Waals surface area contributed by atoms with E-state index in [1.807, 2.05) is 6.92 Å². The summed E-state index contributed by atoms with van der Waals surface area (Å²) in [6.07, 6.45) is 1.64. The van der Waals surface area contributed by atoms with Crippen LogP contribution in [0.15, 0.2) is 18.2 Å². The van der Waals surface area contributed by atoms with Crippen molar-refractivity contribution in [3.8, 4) is 0 Å². The summed E-state index contributed by atoms with van der Waals surface area (Å²) in [5.74, 6) is -1.14. The molecule has 0 aliphatic heterocycles. The van der Waals surface area contributed by atoms with Gasteiger partial charge in [0.05, 0.1) is 0 Å². The third-order valence-electron chi connectivity index (χ3n) is 1.91. The number of halogens is 3. The molecule has 1 aromatic rings. The van der Waals surface area contributed by atoms with Gasteiger partial charge in [0.25, 0.3) is 0 Å². The molecule has 0 amide bonds. The fourth-order valence-corrected chi connectivity index (χ4v) is 1.27. The zero-order valence-electron chi connectivity index (χ0n) is 7.97. The molecule has 2 N–H and O–H groups in total. The summed E-state index contributed by atoms with van der Waals surface area (Å²) >= 11 is 0. The lowest BCUT2D eigenvalue weighted by Gasteiger charge is -2.10. The Balaban J connectivity index is 0.00000169. The van der Waals surface area contributed by atoms with Crippen molar-refractivity contribution in [2.45, 2.75) is 25.8 Å². The van der Waals surface area contributed by atoms with Gasteiger partial charge >= 0.3 is 0 Å². The summed E-state index contributed by atoms with van der Waals surface area (Å²) in [6.45, 7) is 1.98. The van der Waals surface area contributed by atoms with Crippen LogP contribution >= 0.6 is 12.4 Å². The van der Waals surface area contributed by atoms with Crippen molar-refractivity contribution in [2.24, 2.45) is 5.73 Å². The molecule has 0 radical (unpaired) electrons. The van der Waals surface area contributed by atoms with Gasteiger partial charge in [-0.1, -0.05) is 13.3 Å².